The minimum Gasteiger partial charge on any atom is -0.353 e. The van der Waals surface area contributed by atoms with Gasteiger partial charge in [0.15, 0.2) is 0 Å². The molecule has 0 spiro atoms. The molecule has 0 atom stereocenters. The topological polar surface area (TPSA) is 70.8 Å². The molecule has 0 saturated carbocycles. The predicted molar refractivity (Wildman–Crippen MR) is 141 cm³/mol. The van der Waals surface area contributed by atoms with Crippen molar-refractivity contribution in [1.29, 1.82) is 0 Å². The molecule has 8 heteroatoms. The van der Waals surface area contributed by atoms with Gasteiger partial charge in [-0.3, -0.25) is 9.59 Å². The highest BCUT2D eigenvalue weighted by atomic mass is 32.1. The summed E-state index contributed by atoms with van der Waals surface area (Å²) in [4.78, 5) is 35.1. The number of aryl methyl sites for hydroxylation is 1. The van der Waals surface area contributed by atoms with E-state index in [-0.39, 0.29) is 16.9 Å². The van der Waals surface area contributed by atoms with Crippen LogP contribution in [0.15, 0.2) is 59.4 Å². The van der Waals surface area contributed by atoms with Crippen LogP contribution in [0.3, 0.4) is 0 Å². The molecule has 1 fully saturated rings. The highest BCUT2D eigenvalue weighted by Crippen LogP contribution is 2.26. The number of rotatable bonds is 3. The van der Waals surface area contributed by atoms with Gasteiger partial charge in [-0.05, 0) is 36.1 Å². The van der Waals surface area contributed by atoms with E-state index >= 15 is 0 Å². The van der Waals surface area contributed by atoms with Crippen molar-refractivity contribution >= 4 is 28.0 Å². The molecule has 1 saturated heterocycles. The third-order valence-corrected chi connectivity index (χ3v) is 7.34. The Balaban J connectivity index is 1.30. The molecule has 1 aliphatic heterocycles. The number of carbonyl (C=O) groups is 1. The number of carbonyl (C=O) groups excluding carboxylic acids is 1. The summed E-state index contributed by atoms with van der Waals surface area (Å²) < 4.78 is 1.37. The molecule has 0 bridgehead atoms. The summed E-state index contributed by atoms with van der Waals surface area (Å²) >= 11 is 1.41. The van der Waals surface area contributed by atoms with Gasteiger partial charge in [0.25, 0.3) is 11.5 Å². The summed E-state index contributed by atoms with van der Waals surface area (Å²) in [7, 11) is 0. The number of nitrogens with zero attached hydrogens (tertiary/aromatic N) is 5. The highest BCUT2D eigenvalue weighted by Gasteiger charge is 2.24. The maximum absolute atomic E-state index is 13.0. The standard InChI is InChI=1S/C27H29N5O2S/c1-18-6-5-7-20(16-18)24-29-32-23(33)17-22(28-26(32)35-24)30-12-14-31(15-13-30)25(34)19-8-10-21(11-9-19)27(2,3)4/h5-11,16-17H,12-15H2,1-4H3. The number of fused-ring (bicyclic) bond motifs is 1. The third kappa shape index (κ3) is 4.71. The summed E-state index contributed by atoms with van der Waals surface area (Å²) in [5, 5.41) is 5.26. The number of aromatic nitrogens is 3. The molecule has 0 N–H and O–H groups in total. The molecule has 3 heterocycles. The second kappa shape index (κ2) is 8.92. The van der Waals surface area contributed by atoms with Gasteiger partial charge in [0, 0.05) is 43.4 Å². The highest BCUT2D eigenvalue weighted by molar-refractivity contribution is 7.19. The minimum absolute atomic E-state index is 0.0406. The molecule has 5 rings (SSSR count). The largest absolute Gasteiger partial charge is 0.353 e. The number of benzene rings is 2. The van der Waals surface area contributed by atoms with Crippen LogP contribution in [0.1, 0.15) is 42.3 Å². The van der Waals surface area contributed by atoms with Gasteiger partial charge < -0.3 is 9.80 Å². The molecule has 0 radical (unpaired) electrons. The maximum Gasteiger partial charge on any atom is 0.277 e. The lowest BCUT2D eigenvalue weighted by Crippen LogP contribution is -2.49. The van der Waals surface area contributed by atoms with Gasteiger partial charge in [-0.1, -0.05) is 68.0 Å². The maximum atomic E-state index is 13.0. The lowest BCUT2D eigenvalue weighted by molar-refractivity contribution is 0.0746. The normalized spacial score (nSPS) is 14.5. The Morgan fingerprint density at radius 2 is 1.69 bits per heavy atom. The molecule has 2 aromatic heterocycles. The number of hydrogen-bond donors (Lipinski definition) is 0. The van der Waals surface area contributed by atoms with Gasteiger partial charge in [0.2, 0.25) is 4.96 Å². The van der Waals surface area contributed by atoms with Crippen LogP contribution in [-0.4, -0.2) is 51.6 Å². The van der Waals surface area contributed by atoms with Gasteiger partial charge in [-0.2, -0.15) is 9.61 Å². The molecule has 4 aromatic rings. The zero-order chi connectivity index (χ0) is 24.7. The zero-order valence-corrected chi connectivity index (χ0v) is 21.3. The van der Waals surface area contributed by atoms with Gasteiger partial charge in [0.1, 0.15) is 10.8 Å². The molecule has 35 heavy (non-hydrogen) atoms. The molecule has 180 valence electrons. The number of hydrogen-bond acceptors (Lipinski definition) is 6. The first-order valence-corrected chi connectivity index (χ1v) is 12.6. The van der Waals surface area contributed by atoms with Crippen LogP contribution in [0.5, 0.6) is 0 Å². The Kier molecular flexibility index (Phi) is 5.92. The summed E-state index contributed by atoms with van der Waals surface area (Å²) in [5.41, 5.74) is 3.89. The smallest absolute Gasteiger partial charge is 0.277 e. The van der Waals surface area contributed by atoms with Crippen LogP contribution in [0, 0.1) is 6.92 Å². The number of anilines is 1. The van der Waals surface area contributed by atoms with Gasteiger partial charge in [-0.15, -0.1) is 0 Å². The van der Waals surface area contributed by atoms with Crippen molar-refractivity contribution in [3.63, 3.8) is 0 Å². The Hall–Kier alpha value is -3.52. The zero-order valence-electron chi connectivity index (χ0n) is 20.5. The van der Waals surface area contributed by atoms with Crippen molar-refractivity contribution in [3.8, 4) is 10.6 Å². The van der Waals surface area contributed by atoms with Crippen LogP contribution in [0.4, 0.5) is 5.82 Å². The van der Waals surface area contributed by atoms with E-state index in [2.05, 4.69) is 36.8 Å². The Morgan fingerprint density at radius 1 is 0.971 bits per heavy atom. The fourth-order valence-corrected chi connectivity index (χ4v) is 5.19. The van der Waals surface area contributed by atoms with E-state index in [1.54, 1.807) is 0 Å². The van der Waals surface area contributed by atoms with Crippen LogP contribution < -0.4 is 10.5 Å². The summed E-state index contributed by atoms with van der Waals surface area (Å²) in [6, 6.07) is 17.5. The second-order valence-electron chi connectivity index (χ2n) is 10.0. The average molecular weight is 488 g/mol. The molecule has 1 amide bonds. The van der Waals surface area contributed by atoms with E-state index in [4.69, 9.17) is 4.98 Å². The van der Waals surface area contributed by atoms with Crippen molar-refractivity contribution in [2.45, 2.75) is 33.1 Å². The summed E-state index contributed by atoms with van der Waals surface area (Å²) in [6.07, 6.45) is 0. The number of amides is 1. The fraction of sp³-hybridized carbons (Fsp3) is 0.333. The van der Waals surface area contributed by atoms with E-state index in [1.165, 1.54) is 27.5 Å². The van der Waals surface area contributed by atoms with E-state index in [9.17, 15) is 9.59 Å². The van der Waals surface area contributed by atoms with Crippen LogP contribution in [0.2, 0.25) is 0 Å². The molecular weight excluding hydrogens is 458 g/mol. The van der Waals surface area contributed by atoms with E-state index in [0.29, 0.717) is 42.5 Å². The summed E-state index contributed by atoms with van der Waals surface area (Å²) in [5.74, 6) is 0.676. The first kappa shape index (κ1) is 23.2. The lowest BCUT2D eigenvalue weighted by atomic mass is 9.86. The van der Waals surface area contributed by atoms with E-state index < -0.39 is 0 Å². The Labute approximate surface area is 208 Å². The van der Waals surface area contributed by atoms with Crippen LogP contribution >= 0.6 is 11.3 Å². The molecule has 2 aromatic carbocycles. The quantitative estimate of drug-likeness (QED) is 0.429. The fourth-order valence-electron chi connectivity index (χ4n) is 4.29. The molecule has 1 aliphatic rings. The van der Waals surface area contributed by atoms with Crippen LogP contribution in [0.25, 0.3) is 15.5 Å². The predicted octanol–water partition coefficient (Wildman–Crippen LogP) is 4.39. The first-order chi connectivity index (χ1) is 16.7. The second-order valence-corrected chi connectivity index (χ2v) is 11.0. The lowest BCUT2D eigenvalue weighted by Gasteiger charge is -2.35. The van der Waals surface area contributed by atoms with Crippen molar-refractivity contribution < 1.29 is 4.79 Å². The van der Waals surface area contributed by atoms with Gasteiger partial charge in [0.05, 0.1) is 0 Å². The van der Waals surface area contributed by atoms with Gasteiger partial charge >= 0.3 is 0 Å². The number of piperazine rings is 1. The molecular formula is C27H29N5O2S. The van der Waals surface area contributed by atoms with Crippen molar-refractivity contribution in [1.82, 2.24) is 19.5 Å². The molecule has 0 aliphatic carbocycles. The average Bonchev–Trinajstić information content (AvgIpc) is 3.28. The van der Waals surface area contributed by atoms with Crippen molar-refractivity contribution in [2.75, 3.05) is 31.1 Å². The van der Waals surface area contributed by atoms with Crippen LogP contribution in [-0.2, 0) is 5.41 Å². The Bertz CT molecular complexity index is 1440. The van der Waals surface area contributed by atoms with Crippen molar-refractivity contribution in [2.24, 2.45) is 0 Å². The minimum atomic E-state index is -0.197. The monoisotopic (exact) mass is 487 g/mol. The van der Waals surface area contributed by atoms with E-state index in [1.807, 2.05) is 54.3 Å². The van der Waals surface area contributed by atoms with Gasteiger partial charge in [-0.25, -0.2) is 4.98 Å². The Morgan fingerprint density at radius 3 is 2.34 bits per heavy atom. The molecule has 0 unspecified atom stereocenters. The summed E-state index contributed by atoms with van der Waals surface area (Å²) in [6.45, 7) is 10.9. The van der Waals surface area contributed by atoms with E-state index in [0.717, 1.165) is 16.1 Å². The first-order valence-electron chi connectivity index (χ1n) is 11.8. The van der Waals surface area contributed by atoms with Crippen molar-refractivity contribution in [3.05, 3.63) is 81.6 Å². The third-order valence-electron chi connectivity index (χ3n) is 6.39. The molecule has 7 nitrogen and oxygen atoms in total. The SMILES string of the molecule is Cc1cccc(-c2nn3c(=O)cc(N4CCN(C(=O)c5ccc(C(C)(C)C)cc5)CC4)nc3s2)c1.